The highest BCUT2D eigenvalue weighted by atomic mass is 32.2. The Morgan fingerprint density at radius 3 is 2.42 bits per heavy atom. The smallest absolute Gasteiger partial charge is 0.345 e. The van der Waals surface area contributed by atoms with E-state index in [0.717, 1.165) is 0 Å². The molecule has 0 atom stereocenters. The molecule has 3 rings (SSSR count). The molecule has 2 aromatic rings. The van der Waals surface area contributed by atoms with Crippen LogP contribution in [-0.4, -0.2) is 65.2 Å². The van der Waals surface area contributed by atoms with E-state index in [9.17, 15) is 13.2 Å². The molecule has 1 aliphatic rings. The van der Waals surface area contributed by atoms with Crippen molar-refractivity contribution in [1.82, 2.24) is 4.31 Å². The third kappa shape index (κ3) is 5.27. The first-order valence-corrected chi connectivity index (χ1v) is 12.1. The van der Waals surface area contributed by atoms with Crippen LogP contribution in [0.1, 0.15) is 29.8 Å². The fourth-order valence-electron chi connectivity index (χ4n) is 3.61. The average molecular weight is 474 g/mol. The lowest BCUT2D eigenvalue weighted by Crippen LogP contribution is -2.37. The van der Waals surface area contributed by atoms with Gasteiger partial charge in [-0.05, 0) is 30.3 Å². The van der Waals surface area contributed by atoms with Crippen LogP contribution >= 0.6 is 0 Å². The Morgan fingerprint density at radius 1 is 1.12 bits per heavy atom. The number of esters is 1. The third-order valence-corrected chi connectivity index (χ3v) is 7.42. The number of rotatable bonds is 8. The van der Waals surface area contributed by atoms with Gasteiger partial charge in [-0.3, -0.25) is 0 Å². The fourth-order valence-corrected chi connectivity index (χ4v) is 5.09. The van der Waals surface area contributed by atoms with Crippen molar-refractivity contribution in [1.29, 1.82) is 5.26 Å². The van der Waals surface area contributed by atoms with E-state index in [4.69, 9.17) is 19.5 Å². The van der Waals surface area contributed by atoms with Crippen molar-refractivity contribution < 1.29 is 27.4 Å². The van der Waals surface area contributed by atoms with Gasteiger partial charge in [0.2, 0.25) is 10.0 Å². The summed E-state index contributed by atoms with van der Waals surface area (Å²) in [6.45, 7) is 6.25. The van der Waals surface area contributed by atoms with Crippen LogP contribution in [0.3, 0.4) is 0 Å². The Labute approximate surface area is 194 Å². The Kier molecular flexibility index (Phi) is 7.92. The lowest BCUT2D eigenvalue weighted by Gasteiger charge is -2.30. The van der Waals surface area contributed by atoms with Crippen molar-refractivity contribution in [2.24, 2.45) is 0 Å². The molecule has 0 N–H and O–H groups in total. The Balaban J connectivity index is 2.05. The summed E-state index contributed by atoms with van der Waals surface area (Å²) in [6.07, 6.45) is 0. The van der Waals surface area contributed by atoms with E-state index in [1.807, 2.05) is 11.0 Å². The number of morpholine rings is 1. The summed E-state index contributed by atoms with van der Waals surface area (Å²) in [6, 6.07) is 11.0. The summed E-state index contributed by atoms with van der Waals surface area (Å²) in [5.41, 5.74) is 1.04. The van der Waals surface area contributed by atoms with E-state index in [2.05, 4.69) is 0 Å². The van der Waals surface area contributed by atoms with Crippen molar-refractivity contribution in [3.8, 4) is 17.6 Å². The molecule has 0 spiro atoms. The number of benzene rings is 2. The van der Waals surface area contributed by atoms with Gasteiger partial charge in [-0.1, -0.05) is 13.8 Å². The van der Waals surface area contributed by atoms with Crippen LogP contribution in [0.5, 0.6) is 11.5 Å². The van der Waals surface area contributed by atoms with Crippen molar-refractivity contribution in [2.45, 2.75) is 18.7 Å². The van der Waals surface area contributed by atoms with Gasteiger partial charge in [0, 0.05) is 32.2 Å². The molecular weight excluding hydrogens is 446 g/mol. The number of carbonyl (C=O) groups excluding carboxylic acids is 1. The highest BCUT2D eigenvalue weighted by Crippen LogP contribution is 2.32. The SMILES string of the molecule is CCN(CC)S(=O)(=O)c1ccc(N2CCOCC2)c(C(=O)Oc2ccc(C#N)cc2OC)c1. The minimum atomic E-state index is -3.78. The quantitative estimate of drug-likeness (QED) is 0.425. The molecule has 10 heteroatoms. The molecule has 0 amide bonds. The number of sulfonamides is 1. The first-order chi connectivity index (χ1) is 15.8. The van der Waals surface area contributed by atoms with Crippen LogP contribution in [0.2, 0.25) is 0 Å². The number of methoxy groups -OCH3 is 1. The second-order valence-corrected chi connectivity index (χ2v) is 9.17. The molecule has 1 saturated heterocycles. The van der Waals surface area contributed by atoms with Crippen LogP contribution in [0.15, 0.2) is 41.3 Å². The lowest BCUT2D eigenvalue weighted by atomic mass is 10.1. The van der Waals surface area contributed by atoms with E-state index in [1.165, 1.54) is 41.7 Å². The number of hydrogen-bond acceptors (Lipinski definition) is 8. The third-order valence-electron chi connectivity index (χ3n) is 5.38. The number of hydrogen-bond donors (Lipinski definition) is 0. The summed E-state index contributed by atoms with van der Waals surface area (Å²) < 4.78 is 43.7. The molecule has 33 heavy (non-hydrogen) atoms. The van der Waals surface area contributed by atoms with Crippen molar-refractivity contribution in [3.05, 3.63) is 47.5 Å². The number of nitriles is 1. The van der Waals surface area contributed by atoms with Crippen molar-refractivity contribution in [3.63, 3.8) is 0 Å². The average Bonchev–Trinajstić information content (AvgIpc) is 2.85. The fraction of sp³-hybridized carbons (Fsp3) is 0.391. The van der Waals surface area contributed by atoms with Crippen LogP contribution in [0.4, 0.5) is 5.69 Å². The predicted octanol–water partition coefficient (Wildman–Crippen LogP) is 2.65. The Bertz CT molecular complexity index is 1150. The predicted molar refractivity (Wildman–Crippen MR) is 122 cm³/mol. The van der Waals surface area contributed by atoms with Gasteiger partial charge in [-0.25, -0.2) is 13.2 Å². The number of ether oxygens (including phenoxy) is 3. The molecule has 1 aliphatic heterocycles. The molecule has 0 saturated carbocycles. The second-order valence-electron chi connectivity index (χ2n) is 7.23. The topological polar surface area (TPSA) is 109 Å². The lowest BCUT2D eigenvalue weighted by molar-refractivity contribution is 0.0729. The van der Waals surface area contributed by atoms with Gasteiger partial charge in [-0.2, -0.15) is 9.57 Å². The van der Waals surface area contributed by atoms with Crippen LogP contribution in [0.25, 0.3) is 0 Å². The summed E-state index contributed by atoms with van der Waals surface area (Å²) in [5.74, 6) is -0.371. The van der Waals surface area contributed by atoms with E-state index in [1.54, 1.807) is 19.9 Å². The first-order valence-electron chi connectivity index (χ1n) is 10.6. The number of anilines is 1. The van der Waals surface area contributed by atoms with E-state index in [-0.39, 0.29) is 22.0 Å². The normalized spacial score (nSPS) is 14.1. The van der Waals surface area contributed by atoms with Crippen molar-refractivity contribution in [2.75, 3.05) is 51.4 Å². The highest BCUT2D eigenvalue weighted by Gasteiger charge is 2.27. The first kappa shape index (κ1) is 24.5. The van der Waals surface area contributed by atoms with Gasteiger partial charge in [0.15, 0.2) is 11.5 Å². The summed E-state index contributed by atoms with van der Waals surface area (Å²) in [7, 11) is -2.37. The van der Waals surface area contributed by atoms with Gasteiger partial charge in [0.05, 0.1) is 48.1 Å². The number of carbonyl (C=O) groups is 1. The standard InChI is InChI=1S/C23H27N3O6S/c1-4-26(5-2)33(28,29)18-7-8-20(25-10-12-31-13-11-25)19(15-18)23(27)32-21-9-6-17(16-24)14-22(21)30-3/h6-9,14-15H,4-5,10-13H2,1-3H3. The van der Waals surface area contributed by atoms with Gasteiger partial charge >= 0.3 is 5.97 Å². The summed E-state index contributed by atoms with van der Waals surface area (Å²) >= 11 is 0. The maximum Gasteiger partial charge on any atom is 0.345 e. The number of nitrogens with zero attached hydrogens (tertiary/aromatic N) is 3. The summed E-state index contributed by atoms with van der Waals surface area (Å²) in [5, 5.41) is 9.09. The van der Waals surface area contributed by atoms with Crippen LogP contribution in [0, 0.1) is 11.3 Å². The van der Waals surface area contributed by atoms with Gasteiger partial charge < -0.3 is 19.1 Å². The zero-order valence-electron chi connectivity index (χ0n) is 18.9. The van der Waals surface area contributed by atoms with E-state index in [0.29, 0.717) is 50.6 Å². The van der Waals surface area contributed by atoms with Gasteiger partial charge in [0.1, 0.15) is 0 Å². The molecule has 0 unspecified atom stereocenters. The second kappa shape index (κ2) is 10.7. The molecule has 0 aromatic heterocycles. The molecule has 9 nitrogen and oxygen atoms in total. The molecular formula is C23H27N3O6S. The minimum Gasteiger partial charge on any atom is -0.493 e. The molecule has 1 heterocycles. The molecule has 0 radical (unpaired) electrons. The zero-order valence-corrected chi connectivity index (χ0v) is 19.7. The maximum atomic E-state index is 13.3. The molecule has 0 bridgehead atoms. The van der Waals surface area contributed by atoms with Crippen molar-refractivity contribution >= 4 is 21.7 Å². The minimum absolute atomic E-state index is 0.0157. The largest absolute Gasteiger partial charge is 0.493 e. The Hall–Kier alpha value is -3.13. The zero-order chi connectivity index (χ0) is 24.0. The molecule has 0 aliphatic carbocycles. The van der Waals surface area contributed by atoms with Gasteiger partial charge in [0.25, 0.3) is 0 Å². The van der Waals surface area contributed by atoms with E-state index < -0.39 is 16.0 Å². The monoisotopic (exact) mass is 473 g/mol. The van der Waals surface area contributed by atoms with Crippen LogP contribution < -0.4 is 14.4 Å². The Morgan fingerprint density at radius 2 is 1.82 bits per heavy atom. The molecule has 1 fully saturated rings. The molecule has 176 valence electrons. The highest BCUT2D eigenvalue weighted by molar-refractivity contribution is 7.89. The summed E-state index contributed by atoms with van der Waals surface area (Å²) in [4.78, 5) is 15.3. The van der Waals surface area contributed by atoms with E-state index >= 15 is 0 Å². The van der Waals surface area contributed by atoms with Gasteiger partial charge in [-0.15, -0.1) is 0 Å². The molecule has 2 aromatic carbocycles. The maximum absolute atomic E-state index is 13.3. The van der Waals surface area contributed by atoms with Crippen LogP contribution in [-0.2, 0) is 14.8 Å².